The first-order valence-electron chi connectivity index (χ1n) is 8.52. The molecule has 1 aromatic rings. The van der Waals surface area contributed by atoms with Gasteiger partial charge in [0.2, 0.25) is 0 Å². The number of carbonyl (C=O) groups excluding carboxylic acids is 2. The van der Waals surface area contributed by atoms with Crippen LogP contribution in [0.1, 0.15) is 16.8 Å². The van der Waals surface area contributed by atoms with E-state index in [-0.39, 0.29) is 30.8 Å². The van der Waals surface area contributed by atoms with Gasteiger partial charge in [-0.1, -0.05) is 6.07 Å². The highest BCUT2D eigenvalue weighted by Gasteiger charge is 2.33. The minimum atomic E-state index is -0.188. The van der Waals surface area contributed by atoms with Gasteiger partial charge in [0.25, 0.3) is 11.8 Å². The van der Waals surface area contributed by atoms with Crippen LogP contribution in [0.4, 0.5) is 5.69 Å². The van der Waals surface area contributed by atoms with Gasteiger partial charge in [-0.3, -0.25) is 14.5 Å². The number of nitrogens with one attached hydrogen (secondary N) is 2. The molecule has 25 heavy (non-hydrogen) atoms. The fourth-order valence-corrected chi connectivity index (χ4v) is 3.73. The molecule has 3 aliphatic heterocycles. The van der Waals surface area contributed by atoms with Gasteiger partial charge in [0.05, 0.1) is 11.3 Å². The van der Waals surface area contributed by atoms with Crippen molar-refractivity contribution in [2.45, 2.75) is 12.5 Å². The second-order valence-corrected chi connectivity index (χ2v) is 6.50. The van der Waals surface area contributed by atoms with Gasteiger partial charge in [0, 0.05) is 45.3 Å². The highest BCUT2D eigenvalue weighted by Crippen LogP contribution is 2.33. The number of hydrogen-bond donors (Lipinski definition) is 2. The molecule has 0 saturated carbocycles. The van der Waals surface area contributed by atoms with Gasteiger partial charge in [0.1, 0.15) is 0 Å². The van der Waals surface area contributed by atoms with Crippen LogP contribution in [0.5, 0.6) is 5.75 Å². The normalized spacial score (nSPS) is 23.3. The van der Waals surface area contributed by atoms with Gasteiger partial charge < -0.3 is 20.3 Å². The molecule has 0 aliphatic carbocycles. The maximum atomic E-state index is 12.9. The van der Waals surface area contributed by atoms with Gasteiger partial charge in [-0.25, -0.2) is 0 Å². The lowest BCUT2D eigenvalue weighted by atomic mass is 10.1. The summed E-state index contributed by atoms with van der Waals surface area (Å²) in [4.78, 5) is 28.7. The van der Waals surface area contributed by atoms with E-state index in [2.05, 4.69) is 15.5 Å². The third-order valence-electron chi connectivity index (χ3n) is 4.99. The summed E-state index contributed by atoms with van der Waals surface area (Å²) in [5.41, 5.74) is 1.11. The van der Waals surface area contributed by atoms with Crippen molar-refractivity contribution in [1.82, 2.24) is 15.1 Å². The minimum absolute atomic E-state index is 0. The summed E-state index contributed by atoms with van der Waals surface area (Å²) in [7, 11) is 0. The molecule has 2 N–H and O–H groups in total. The van der Waals surface area contributed by atoms with Gasteiger partial charge in [-0.2, -0.15) is 0 Å². The Kier molecular flexibility index (Phi) is 5.46. The highest BCUT2D eigenvalue weighted by atomic mass is 35.5. The minimum Gasteiger partial charge on any atom is -0.481 e. The zero-order valence-corrected chi connectivity index (χ0v) is 14.8. The standard InChI is InChI=1S/C17H22N4O3.ClH/c22-15-11-24-16-13(2-1-3-14(16)19-15)17(23)21-7-4-12(10-21)20-8-5-18-6-9-20;/h1-3,12,18H,4-11H2,(H,19,22);1H. The third kappa shape index (κ3) is 3.58. The van der Waals surface area contributed by atoms with Crippen molar-refractivity contribution in [1.29, 1.82) is 0 Å². The van der Waals surface area contributed by atoms with E-state index in [1.807, 2.05) is 4.90 Å². The average Bonchev–Trinajstić information content (AvgIpc) is 3.11. The summed E-state index contributed by atoms with van der Waals surface area (Å²) in [5, 5.41) is 6.12. The molecule has 3 aliphatic rings. The van der Waals surface area contributed by atoms with E-state index < -0.39 is 0 Å². The van der Waals surface area contributed by atoms with E-state index in [0.29, 0.717) is 23.0 Å². The zero-order chi connectivity index (χ0) is 16.5. The number of likely N-dealkylation sites (tertiary alicyclic amines) is 1. The fourth-order valence-electron chi connectivity index (χ4n) is 3.73. The number of rotatable bonds is 2. The Labute approximate surface area is 153 Å². The molecule has 136 valence electrons. The number of ether oxygens (including phenoxy) is 1. The number of anilines is 1. The molecule has 3 heterocycles. The molecular formula is C17H23ClN4O3. The first kappa shape index (κ1) is 18.0. The van der Waals surface area contributed by atoms with Crippen molar-refractivity contribution >= 4 is 29.9 Å². The molecule has 2 saturated heterocycles. The number of para-hydroxylation sites is 1. The van der Waals surface area contributed by atoms with E-state index in [1.54, 1.807) is 18.2 Å². The van der Waals surface area contributed by atoms with Crippen LogP contribution in [0.15, 0.2) is 18.2 Å². The molecule has 1 atom stereocenters. The lowest BCUT2D eigenvalue weighted by Gasteiger charge is -2.32. The second-order valence-electron chi connectivity index (χ2n) is 6.50. The zero-order valence-electron chi connectivity index (χ0n) is 14.0. The Morgan fingerprint density at radius 1 is 1.20 bits per heavy atom. The Hall–Kier alpha value is -1.83. The molecule has 0 radical (unpaired) electrons. The maximum Gasteiger partial charge on any atom is 0.262 e. The molecular weight excluding hydrogens is 344 g/mol. The smallest absolute Gasteiger partial charge is 0.262 e. The fraction of sp³-hybridized carbons (Fsp3) is 0.529. The van der Waals surface area contributed by atoms with Crippen LogP contribution in [0.25, 0.3) is 0 Å². The first-order chi connectivity index (χ1) is 11.7. The molecule has 4 rings (SSSR count). The molecule has 7 nitrogen and oxygen atoms in total. The van der Waals surface area contributed by atoms with Crippen molar-refractivity contribution in [3.05, 3.63) is 23.8 Å². The van der Waals surface area contributed by atoms with E-state index >= 15 is 0 Å². The summed E-state index contributed by atoms with van der Waals surface area (Å²) in [6.07, 6.45) is 1.01. The number of amides is 2. The van der Waals surface area contributed by atoms with Crippen molar-refractivity contribution in [2.75, 3.05) is 51.2 Å². The van der Waals surface area contributed by atoms with Crippen molar-refractivity contribution in [3.63, 3.8) is 0 Å². The monoisotopic (exact) mass is 366 g/mol. The average molecular weight is 367 g/mol. The Bertz CT molecular complexity index is 663. The molecule has 0 spiro atoms. The van der Waals surface area contributed by atoms with Crippen LogP contribution in [-0.2, 0) is 4.79 Å². The maximum absolute atomic E-state index is 12.9. The molecule has 2 fully saturated rings. The SMILES string of the molecule is Cl.O=C1COc2c(cccc2C(=O)N2CCC(N3CCNCC3)C2)N1. The van der Waals surface area contributed by atoms with Gasteiger partial charge in [-0.05, 0) is 18.6 Å². The van der Waals surface area contributed by atoms with E-state index in [1.165, 1.54) is 0 Å². The first-order valence-corrected chi connectivity index (χ1v) is 8.52. The molecule has 0 bridgehead atoms. The largest absolute Gasteiger partial charge is 0.481 e. The number of halogens is 1. The van der Waals surface area contributed by atoms with Crippen LogP contribution in [0, 0.1) is 0 Å². The third-order valence-corrected chi connectivity index (χ3v) is 4.99. The number of piperazine rings is 1. The quantitative estimate of drug-likeness (QED) is 0.800. The predicted octanol–water partition coefficient (Wildman–Crippen LogP) is 0.559. The van der Waals surface area contributed by atoms with Crippen LogP contribution >= 0.6 is 12.4 Å². The van der Waals surface area contributed by atoms with E-state index in [0.717, 1.165) is 45.7 Å². The Morgan fingerprint density at radius 2 is 2.00 bits per heavy atom. The van der Waals surface area contributed by atoms with E-state index in [4.69, 9.17) is 4.74 Å². The van der Waals surface area contributed by atoms with Gasteiger partial charge in [0.15, 0.2) is 12.4 Å². The van der Waals surface area contributed by atoms with Gasteiger partial charge >= 0.3 is 0 Å². The van der Waals surface area contributed by atoms with E-state index in [9.17, 15) is 9.59 Å². The number of nitrogens with zero attached hydrogens (tertiary/aromatic N) is 2. The summed E-state index contributed by atoms with van der Waals surface area (Å²) in [6.45, 7) is 5.61. The van der Waals surface area contributed by atoms with Crippen LogP contribution in [0.2, 0.25) is 0 Å². The van der Waals surface area contributed by atoms with Crippen LogP contribution in [-0.4, -0.2) is 73.5 Å². The Morgan fingerprint density at radius 3 is 2.80 bits per heavy atom. The van der Waals surface area contributed by atoms with Crippen LogP contribution in [0.3, 0.4) is 0 Å². The van der Waals surface area contributed by atoms with Crippen molar-refractivity contribution < 1.29 is 14.3 Å². The second kappa shape index (κ2) is 7.59. The highest BCUT2D eigenvalue weighted by molar-refractivity contribution is 6.03. The summed E-state index contributed by atoms with van der Waals surface area (Å²) < 4.78 is 5.51. The Balaban J connectivity index is 0.00000182. The lowest BCUT2D eigenvalue weighted by Crippen LogP contribution is -2.49. The van der Waals surface area contributed by atoms with Crippen molar-refractivity contribution in [2.24, 2.45) is 0 Å². The summed E-state index contributed by atoms with van der Waals surface area (Å²) in [5.74, 6) is 0.292. The summed E-state index contributed by atoms with van der Waals surface area (Å²) in [6, 6.07) is 5.76. The number of hydrogen-bond acceptors (Lipinski definition) is 5. The molecule has 1 unspecified atom stereocenters. The van der Waals surface area contributed by atoms with Crippen LogP contribution < -0.4 is 15.4 Å². The molecule has 2 amide bonds. The molecule has 1 aromatic carbocycles. The predicted molar refractivity (Wildman–Crippen MR) is 96.6 cm³/mol. The number of benzene rings is 1. The molecule has 8 heteroatoms. The lowest BCUT2D eigenvalue weighted by molar-refractivity contribution is -0.118. The molecule has 0 aromatic heterocycles. The van der Waals surface area contributed by atoms with Gasteiger partial charge in [-0.15, -0.1) is 12.4 Å². The summed E-state index contributed by atoms with van der Waals surface area (Å²) >= 11 is 0. The van der Waals surface area contributed by atoms with Crippen molar-refractivity contribution in [3.8, 4) is 5.75 Å². The number of carbonyl (C=O) groups is 2. The topological polar surface area (TPSA) is 73.9 Å². The number of fused-ring (bicyclic) bond motifs is 1.